The summed E-state index contributed by atoms with van der Waals surface area (Å²) in [5, 5.41) is 12.3. The van der Waals surface area contributed by atoms with E-state index in [0.717, 1.165) is 16.8 Å². The Kier molecular flexibility index (Phi) is 6.24. The maximum Gasteiger partial charge on any atom is 0.267 e. The summed E-state index contributed by atoms with van der Waals surface area (Å²) in [6, 6.07) is 20.5. The maximum absolute atomic E-state index is 13.6. The third-order valence-corrected chi connectivity index (χ3v) is 7.27. The van der Waals surface area contributed by atoms with Crippen LogP contribution in [0.3, 0.4) is 0 Å². The Labute approximate surface area is 211 Å². The number of carbonyl (C=O) groups is 1. The van der Waals surface area contributed by atoms with E-state index in [0.29, 0.717) is 33.3 Å². The number of benzene rings is 3. The summed E-state index contributed by atoms with van der Waals surface area (Å²) < 4.78 is 8.78. The molecule has 0 saturated heterocycles. The van der Waals surface area contributed by atoms with Crippen molar-refractivity contribution in [3.05, 3.63) is 88.2 Å². The molecule has 1 unspecified atom stereocenters. The number of thioether (sulfide) groups is 1. The molecule has 5 aromatic rings. The van der Waals surface area contributed by atoms with Gasteiger partial charge in [-0.2, -0.15) is 0 Å². The molecule has 1 amide bonds. The van der Waals surface area contributed by atoms with Crippen LogP contribution in [0.4, 0.5) is 5.69 Å². The second kappa shape index (κ2) is 9.50. The van der Waals surface area contributed by atoms with E-state index in [-0.39, 0.29) is 11.5 Å². The molecule has 0 aliphatic carbocycles. The van der Waals surface area contributed by atoms with Gasteiger partial charge < -0.3 is 10.1 Å². The first-order valence-corrected chi connectivity index (χ1v) is 12.3. The summed E-state index contributed by atoms with van der Waals surface area (Å²) >= 11 is 1.27. The molecule has 5 rings (SSSR count). The van der Waals surface area contributed by atoms with Crippen molar-refractivity contribution in [1.29, 1.82) is 0 Å². The predicted octanol–water partition coefficient (Wildman–Crippen LogP) is 4.78. The zero-order valence-corrected chi connectivity index (χ0v) is 21.2. The first-order chi connectivity index (χ1) is 17.4. The molecule has 182 valence electrons. The van der Waals surface area contributed by atoms with Crippen molar-refractivity contribution in [3.8, 4) is 11.4 Å². The third-order valence-electron chi connectivity index (χ3n) is 6.23. The summed E-state index contributed by atoms with van der Waals surface area (Å²) in [4.78, 5) is 26.6. The fraction of sp³-hybridized carbons (Fsp3) is 0.185. The molecule has 1 N–H and O–H groups in total. The molecule has 8 nitrogen and oxygen atoms in total. The number of aryl methyl sites for hydroxylation is 1. The van der Waals surface area contributed by atoms with Gasteiger partial charge in [0.05, 0.1) is 34.6 Å². The summed E-state index contributed by atoms with van der Waals surface area (Å²) in [6.07, 6.45) is 0. The molecular formula is C27H25N5O3S. The van der Waals surface area contributed by atoms with Gasteiger partial charge in [0, 0.05) is 0 Å². The van der Waals surface area contributed by atoms with E-state index in [2.05, 4.69) is 15.5 Å². The van der Waals surface area contributed by atoms with Crippen LogP contribution in [0.1, 0.15) is 18.1 Å². The van der Waals surface area contributed by atoms with Gasteiger partial charge in [-0.3, -0.25) is 14.0 Å². The van der Waals surface area contributed by atoms with Gasteiger partial charge in [0.2, 0.25) is 11.7 Å². The number of ether oxygens (including phenoxy) is 1. The number of nitrogens with one attached hydrogen (secondary N) is 1. The highest BCUT2D eigenvalue weighted by Gasteiger charge is 2.23. The molecule has 0 aliphatic heterocycles. The van der Waals surface area contributed by atoms with E-state index in [1.54, 1.807) is 36.8 Å². The number of para-hydroxylation sites is 3. The van der Waals surface area contributed by atoms with Crippen molar-refractivity contribution in [2.24, 2.45) is 0 Å². The molecule has 0 aliphatic rings. The molecule has 0 radical (unpaired) electrons. The zero-order chi connectivity index (χ0) is 25.4. The standard InChI is InChI=1S/C27H25N5O3S/c1-16-10-9-14-21(17(16)2)31-25(34)19-11-5-7-13-22(19)32-26(31)29-30-27(32)36-18(3)24(33)28-20-12-6-8-15-23(20)35-4/h5-15,18H,1-4H3,(H,28,33). The number of amides is 1. The smallest absolute Gasteiger partial charge is 0.267 e. The molecule has 0 fully saturated rings. The van der Waals surface area contributed by atoms with Crippen LogP contribution in [0.2, 0.25) is 0 Å². The lowest BCUT2D eigenvalue weighted by Crippen LogP contribution is -2.24. The summed E-state index contributed by atoms with van der Waals surface area (Å²) in [5.74, 6) is 0.778. The van der Waals surface area contributed by atoms with Crippen molar-refractivity contribution in [2.45, 2.75) is 31.2 Å². The third kappa shape index (κ3) is 4.01. The Morgan fingerprint density at radius 3 is 2.56 bits per heavy atom. The largest absolute Gasteiger partial charge is 0.495 e. The van der Waals surface area contributed by atoms with E-state index in [9.17, 15) is 9.59 Å². The fourth-order valence-electron chi connectivity index (χ4n) is 4.14. The van der Waals surface area contributed by atoms with Gasteiger partial charge in [0.15, 0.2) is 5.16 Å². The molecule has 0 bridgehead atoms. The molecule has 3 aromatic carbocycles. The Morgan fingerprint density at radius 1 is 1.00 bits per heavy atom. The van der Waals surface area contributed by atoms with Gasteiger partial charge in [-0.15, -0.1) is 10.2 Å². The molecule has 2 heterocycles. The van der Waals surface area contributed by atoms with Gasteiger partial charge in [-0.25, -0.2) is 4.57 Å². The highest BCUT2D eigenvalue weighted by molar-refractivity contribution is 8.00. The zero-order valence-electron chi connectivity index (χ0n) is 20.4. The van der Waals surface area contributed by atoms with Crippen LogP contribution in [-0.4, -0.2) is 37.4 Å². The number of nitrogens with zero attached hydrogens (tertiary/aromatic N) is 4. The number of fused-ring (bicyclic) bond motifs is 3. The first kappa shape index (κ1) is 23.6. The van der Waals surface area contributed by atoms with Crippen LogP contribution in [0.5, 0.6) is 5.75 Å². The van der Waals surface area contributed by atoms with Crippen molar-refractivity contribution >= 4 is 40.0 Å². The quantitative estimate of drug-likeness (QED) is 0.338. The van der Waals surface area contributed by atoms with Gasteiger partial charge in [-0.05, 0) is 62.2 Å². The molecule has 0 spiro atoms. The topological polar surface area (TPSA) is 90.5 Å². The van der Waals surface area contributed by atoms with Gasteiger partial charge in [0.25, 0.3) is 5.56 Å². The lowest BCUT2D eigenvalue weighted by molar-refractivity contribution is -0.115. The van der Waals surface area contributed by atoms with Crippen molar-refractivity contribution in [2.75, 3.05) is 12.4 Å². The summed E-state index contributed by atoms with van der Waals surface area (Å²) in [6.45, 7) is 5.80. The Balaban J connectivity index is 1.60. The lowest BCUT2D eigenvalue weighted by Gasteiger charge is -2.15. The Bertz CT molecular complexity index is 1670. The Hall–Kier alpha value is -4.11. The van der Waals surface area contributed by atoms with Crippen LogP contribution in [0, 0.1) is 13.8 Å². The lowest BCUT2D eigenvalue weighted by atomic mass is 10.1. The molecular weight excluding hydrogens is 474 g/mol. The van der Waals surface area contributed by atoms with Gasteiger partial charge >= 0.3 is 0 Å². The van der Waals surface area contributed by atoms with E-state index >= 15 is 0 Å². The molecule has 2 aromatic heterocycles. The second-order valence-corrected chi connectivity index (χ2v) is 9.75. The minimum Gasteiger partial charge on any atom is -0.495 e. The molecule has 9 heteroatoms. The predicted molar refractivity (Wildman–Crippen MR) is 143 cm³/mol. The maximum atomic E-state index is 13.6. The average molecular weight is 500 g/mol. The van der Waals surface area contributed by atoms with Crippen LogP contribution >= 0.6 is 11.8 Å². The number of rotatable bonds is 6. The first-order valence-electron chi connectivity index (χ1n) is 11.5. The Morgan fingerprint density at radius 2 is 1.75 bits per heavy atom. The van der Waals surface area contributed by atoms with E-state index in [1.165, 1.54) is 11.8 Å². The van der Waals surface area contributed by atoms with Crippen LogP contribution in [0.15, 0.2) is 76.7 Å². The van der Waals surface area contributed by atoms with Crippen LogP contribution < -0.4 is 15.6 Å². The van der Waals surface area contributed by atoms with Crippen molar-refractivity contribution < 1.29 is 9.53 Å². The summed E-state index contributed by atoms with van der Waals surface area (Å²) in [5.41, 5.74) is 3.92. The number of aromatic nitrogens is 4. The number of methoxy groups -OCH3 is 1. The van der Waals surface area contributed by atoms with Crippen LogP contribution in [-0.2, 0) is 4.79 Å². The van der Waals surface area contributed by atoms with E-state index in [1.807, 2.05) is 66.8 Å². The van der Waals surface area contributed by atoms with Gasteiger partial charge in [-0.1, -0.05) is 48.2 Å². The van der Waals surface area contributed by atoms with E-state index < -0.39 is 5.25 Å². The number of anilines is 1. The normalized spacial score (nSPS) is 12.1. The summed E-state index contributed by atoms with van der Waals surface area (Å²) in [7, 11) is 1.56. The van der Waals surface area contributed by atoms with Crippen molar-refractivity contribution in [1.82, 2.24) is 19.2 Å². The monoisotopic (exact) mass is 499 g/mol. The highest BCUT2D eigenvalue weighted by atomic mass is 32.2. The fourth-order valence-corrected chi connectivity index (χ4v) is 5.00. The van der Waals surface area contributed by atoms with E-state index in [4.69, 9.17) is 4.74 Å². The molecule has 36 heavy (non-hydrogen) atoms. The molecule has 0 saturated carbocycles. The number of hydrogen-bond donors (Lipinski definition) is 1. The average Bonchev–Trinajstić information content (AvgIpc) is 3.30. The SMILES string of the molecule is COc1ccccc1NC(=O)C(C)Sc1nnc2n(-c3cccc(C)c3C)c(=O)c3ccccc3n12. The minimum absolute atomic E-state index is 0.169. The number of hydrogen-bond acceptors (Lipinski definition) is 6. The molecule has 1 atom stereocenters. The minimum atomic E-state index is -0.498. The van der Waals surface area contributed by atoms with Crippen molar-refractivity contribution in [3.63, 3.8) is 0 Å². The van der Waals surface area contributed by atoms with Gasteiger partial charge in [0.1, 0.15) is 5.75 Å². The highest BCUT2D eigenvalue weighted by Crippen LogP contribution is 2.29. The second-order valence-electron chi connectivity index (χ2n) is 8.44. The van der Waals surface area contributed by atoms with Crippen LogP contribution in [0.25, 0.3) is 22.4 Å². The number of carbonyl (C=O) groups excluding carboxylic acids is 1.